The Hall–Kier alpha value is -1.98. The molecule has 0 fully saturated rings. The van der Waals surface area contributed by atoms with Crippen molar-refractivity contribution in [2.45, 2.75) is 40.2 Å². The molecule has 0 saturated heterocycles. The molecule has 0 bridgehead atoms. The van der Waals surface area contributed by atoms with Crippen molar-refractivity contribution in [1.29, 1.82) is 0 Å². The lowest BCUT2D eigenvalue weighted by Crippen LogP contribution is -2.09. The maximum absolute atomic E-state index is 4.48. The van der Waals surface area contributed by atoms with Crippen LogP contribution in [0.1, 0.15) is 36.5 Å². The van der Waals surface area contributed by atoms with Gasteiger partial charge in [0.25, 0.3) is 0 Å². The van der Waals surface area contributed by atoms with Gasteiger partial charge in [0.05, 0.1) is 17.6 Å². The molecule has 0 aliphatic carbocycles. The number of nitrogens with one attached hydrogen (secondary N) is 2. The molecular formula is C12H18N6. The normalized spacial score (nSPS) is 10.6. The van der Waals surface area contributed by atoms with Crippen molar-refractivity contribution >= 4 is 5.95 Å². The summed E-state index contributed by atoms with van der Waals surface area (Å²) in [7, 11) is 0. The highest BCUT2D eigenvalue weighted by atomic mass is 15.2. The van der Waals surface area contributed by atoms with Gasteiger partial charge < -0.3 is 5.32 Å². The molecule has 0 atom stereocenters. The summed E-state index contributed by atoms with van der Waals surface area (Å²) in [6.07, 6.45) is 3.54. The average Bonchev–Trinajstić information content (AvgIpc) is 2.81. The molecule has 0 aromatic carbocycles. The van der Waals surface area contributed by atoms with E-state index in [1.54, 1.807) is 6.20 Å². The minimum absolute atomic E-state index is 0.574. The fourth-order valence-corrected chi connectivity index (χ4v) is 1.74. The van der Waals surface area contributed by atoms with Crippen LogP contribution in [0.5, 0.6) is 0 Å². The number of aryl methyl sites for hydroxylation is 3. The van der Waals surface area contributed by atoms with E-state index in [9.17, 15) is 0 Å². The lowest BCUT2D eigenvalue weighted by molar-refractivity contribution is 0.819. The topological polar surface area (TPSA) is 79.4 Å². The number of hydrogen-bond acceptors (Lipinski definition) is 5. The van der Waals surface area contributed by atoms with Gasteiger partial charge in [0.2, 0.25) is 5.95 Å². The second-order valence-electron chi connectivity index (χ2n) is 4.11. The lowest BCUT2D eigenvalue weighted by Gasteiger charge is -2.07. The van der Waals surface area contributed by atoms with Crippen LogP contribution < -0.4 is 5.32 Å². The van der Waals surface area contributed by atoms with E-state index in [4.69, 9.17) is 0 Å². The maximum Gasteiger partial charge on any atom is 0.243 e. The molecule has 2 aromatic heterocycles. The number of nitrogens with zero attached hydrogens (tertiary/aromatic N) is 4. The molecule has 2 rings (SSSR count). The first-order valence-electron chi connectivity index (χ1n) is 6.19. The highest BCUT2D eigenvalue weighted by Gasteiger charge is 2.06. The smallest absolute Gasteiger partial charge is 0.243 e. The highest BCUT2D eigenvalue weighted by molar-refractivity contribution is 5.28. The van der Waals surface area contributed by atoms with Crippen molar-refractivity contribution in [3.8, 4) is 0 Å². The van der Waals surface area contributed by atoms with Crippen LogP contribution >= 0.6 is 0 Å². The van der Waals surface area contributed by atoms with Crippen molar-refractivity contribution in [2.75, 3.05) is 5.32 Å². The van der Waals surface area contributed by atoms with Gasteiger partial charge in [-0.2, -0.15) is 10.2 Å². The minimum atomic E-state index is 0.574. The Morgan fingerprint density at radius 2 is 1.94 bits per heavy atom. The minimum Gasteiger partial charge on any atom is -0.349 e. The predicted molar refractivity (Wildman–Crippen MR) is 69.2 cm³/mol. The van der Waals surface area contributed by atoms with Gasteiger partial charge in [-0.25, -0.2) is 4.98 Å². The largest absolute Gasteiger partial charge is 0.349 e. The predicted octanol–water partition coefficient (Wildman–Crippen LogP) is 1.64. The number of rotatable bonds is 5. The van der Waals surface area contributed by atoms with Crippen molar-refractivity contribution in [3.05, 3.63) is 28.8 Å². The van der Waals surface area contributed by atoms with Crippen molar-refractivity contribution in [3.63, 3.8) is 0 Å². The van der Waals surface area contributed by atoms with Crippen LogP contribution in [0.15, 0.2) is 6.20 Å². The van der Waals surface area contributed by atoms with Gasteiger partial charge >= 0.3 is 0 Å². The summed E-state index contributed by atoms with van der Waals surface area (Å²) in [5.41, 5.74) is 4.15. The molecule has 0 saturated carbocycles. The molecule has 2 heterocycles. The molecule has 0 aliphatic heterocycles. The molecule has 6 nitrogen and oxygen atoms in total. The third-order valence-corrected chi connectivity index (χ3v) is 2.88. The van der Waals surface area contributed by atoms with Gasteiger partial charge in [0.15, 0.2) is 0 Å². The molecule has 2 aromatic rings. The molecule has 2 N–H and O–H groups in total. The Morgan fingerprint density at radius 3 is 2.56 bits per heavy atom. The Labute approximate surface area is 106 Å². The van der Waals surface area contributed by atoms with Gasteiger partial charge in [-0.1, -0.05) is 13.8 Å². The lowest BCUT2D eigenvalue weighted by atomic mass is 10.2. The summed E-state index contributed by atoms with van der Waals surface area (Å²) in [4.78, 5) is 4.48. The molecule has 0 radical (unpaired) electrons. The SMILES string of the molecule is CCc1nnc(NCc2cn[nH]c2C)nc1CC. The zero-order chi connectivity index (χ0) is 13.0. The summed E-state index contributed by atoms with van der Waals surface area (Å²) >= 11 is 0. The third kappa shape index (κ3) is 2.64. The standard InChI is InChI=1S/C12H18N6/c1-4-10-11(5-2)17-18-12(15-10)13-6-9-7-14-16-8(9)3/h7H,4-6H2,1-3H3,(H,14,16)(H,13,15,18). The van der Waals surface area contributed by atoms with Crippen LogP contribution in [0.3, 0.4) is 0 Å². The van der Waals surface area contributed by atoms with E-state index in [1.807, 2.05) is 6.92 Å². The number of hydrogen-bond donors (Lipinski definition) is 2. The molecule has 0 unspecified atom stereocenters. The zero-order valence-electron chi connectivity index (χ0n) is 11.0. The van der Waals surface area contributed by atoms with Crippen molar-refractivity contribution in [1.82, 2.24) is 25.4 Å². The van der Waals surface area contributed by atoms with E-state index < -0.39 is 0 Å². The molecule has 0 aliphatic rings. The van der Waals surface area contributed by atoms with E-state index in [0.717, 1.165) is 35.5 Å². The van der Waals surface area contributed by atoms with E-state index in [2.05, 4.69) is 44.5 Å². The van der Waals surface area contributed by atoms with Crippen LogP contribution in [-0.4, -0.2) is 25.4 Å². The Bertz CT molecular complexity index is 519. The number of anilines is 1. The second kappa shape index (κ2) is 5.57. The number of H-pyrrole nitrogens is 1. The van der Waals surface area contributed by atoms with Crippen LogP contribution in [0.2, 0.25) is 0 Å². The van der Waals surface area contributed by atoms with Crippen LogP contribution in [-0.2, 0) is 19.4 Å². The highest BCUT2D eigenvalue weighted by Crippen LogP contribution is 2.09. The van der Waals surface area contributed by atoms with Gasteiger partial charge in [-0.05, 0) is 19.8 Å². The summed E-state index contributed by atoms with van der Waals surface area (Å²) in [5.74, 6) is 0.574. The molecule has 6 heteroatoms. The number of aromatic amines is 1. The van der Waals surface area contributed by atoms with E-state index in [-0.39, 0.29) is 0 Å². The molecule has 0 amide bonds. The maximum atomic E-state index is 4.48. The van der Waals surface area contributed by atoms with Gasteiger partial charge in [-0.15, -0.1) is 5.10 Å². The fourth-order valence-electron chi connectivity index (χ4n) is 1.74. The monoisotopic (exact) mass is 246 g/mol. The Morgan fingerprint density at radius 1 is 1.17 bits per heavy atom. The molecular weight excluding hydrogens is 228 g/mol. The van der Waals surface area contributed by atoms with Crippen LogP contribution in [0, 0.1) is 6.92 Å². The molecule has 0 spiro atoms. The Balaban J connectivity index is 2.08. The first kappa shape index (κ1) is 12.5. The second-order valence-corrected chi connectivity index (χ2v) is 4.11. The quantitative estimate of drug-likeness (QED) is 0.838. The van der Waals surface area contributed by atoms with Crippen molar-refractivity contribution < 1.29 is 0 Å². The number of aromatic nitrogens is 5. The first-order valence-corrected chi connectivity index (χ1v) is 6.19. The molecule has 18 heavy (non-hydrogen) atoms. The summed E-state index contributed by atoms with van der Waals surface area (Å²) in [6, 6.07) is 0. The summed E-state index contributed by atoms with van der Waals surface area (Å²) in [6.45, 7) is 6.78. The summed E-state index contributed by atoms with van der Waals surface area (Å²) in [5, 5.41) is 18.3. The van der Waals surface area contributed by atoms with Gasteiger partial charge in [-0.3, -0.25) is 5.10 Å². The average molecular weight is 246 g/mol. The molecule has 96 valence electrons. The van der Waals surface area contributed by atoms with E-state index in [1.165, 1.54) is 0 Å². The van der Waals surface area contributed by atoms with Gasteiger partial charge in [0, 0.05) is 17.8 Å². The van der Waals surface area contributed by atoms with Crippen molar-refractivity contribution in [2.24, 2.45) is 0 Å². The Kier molecular flexibility index (Phi) is 3.86. The van der Waals surface area contributed by atoms with Crippen LogP contribution in [0.4, 0.5) is 5.95 Å². The van der Waals surface area contributed by atoms with Crippen LogP contribution in [0.25, 0.3) is 0 Å². The first-order chi connectivity index (χ1) is 8.74. The fraction of sp³-hybridized carbons (Fsp3) is 0.500. The van der Waals surface area contributed by atoms with E-state index >= 15 is 0 Å². The van der Waals surface area contributed by atoms with E-state index in [0.29, 0.717) is 12.5 Å². The summed E-state index contributed by atoms with van der Waals surface area (Å²) < 4.78 is 0. The third-order valence-electron chi connectivity index (χ3n) is 2.88. The van der Waals surface area contributed by atoms with Gasteiger partial charge in [0.1, 0.15) is 0 Å². The zero-order valence-corrected chi connectivity index (χ0v) is 11.0.